The van der Waals surface area contributed by atoms with E-state index in [4.69, 9.17) is 9.47 Å². The van der Waals surface area contributed by atoms with Crippen LogP contribution < -0.4 is 14.8 Å². The third-order valence-corrected chi connectivity index (χ3v) is 4.09. The van der Waals surface area contributed by atoms with Gasteiger partial charge in [0.25, 0.3) is 0 Å². The first-order valence-electron chi connectivity index (χ1n) is 8.42. The second kappa shape index (κ2) is 7.86. The van der Waals surface area contributed by atoms with Crippen molar-refractivity contribution in [2.75, 3.05) is 13.2 Å². The number of hydrogen-bond donors (Lipinski definition) is 1. The molecule has 3 rings (SSSR count). The smallest absolute Gasteiger partial charge is 0.224 e. The number of hydrogen-bond acceptors (Lipinski definition) is 3. The molecule has 1 aliphatic rings. The number of ether oxygens (including phenoxy) is 2. The predicted octanol–water partition coefficient (Wildman–Crippen LogP) is 3.14. The van der Waals surface area contributed by atoms with Gasteiger partial charge in [0.05, 0.1) is 6.42 Å². The number of amides is 1. The van der Waals surface area contributed by atoms with Crippen LogP contribution in [0, 0.1) is 0 Å². The Morgan fingerprint density at radius 3 is 2.58 bits per heavy atom. The normalized spacial score (nSPS) is 14.0. The molecule has 1 unspecified atom stereocenters. The molecule has 1 heterocycles. The lowest BCUT2D eigenvalue weighted by Crippen LogP contribution is -2.34. The van der Waals surface area contributed by atoms with E-state index in [1.54, 1.807) is 0 Å². The zero-order chi connectivity index (χ0) is 16.8. The van der Waals surface area contributed by atoms with E-state index >= 15 is 0 Å². The second-order valence-electron chi connectivity index (χ2n) is 6.15. The van der Waals surface area contributed by atoms with Crippen LogP contribution >= 0.6 is 0 Å². The summed E-state index contributed by atoms with van der Waals surface area (Å²) in [7, 11) is 0. The van der Waals surface area contributed by atoms with Crippen LogP contribution in [0.5, 0.6) is 11.5 Å². The van der Waals surface area contributed by atoms with Gasteiger partial charge in [-0.3, -0.25) is 4.79 Å². The molecule has 0 bridgehead atoms. The molecular formula is C20H23NO3. The Balaban J connectivity index is 1.48. The van der Waals surface area contributed by atoms with Gasteiger partial charge < -0.3 is 14.8 Å². The first kappa shape index (κ1) is 16.4. The van der Waals surface area contributed by atoms with Crippen LogP contribution in [0.4, 0.5) is 0 Å². The van der Waals surface area contributed by atoms with Gasteiger partial charge in [0.15, 0.2) is 11.5 Å². The molecule has 126 valence electrons. The topological polar surface area (TPSA) is 47.6 Å². The van der Waals surface area contributed by atoms with E-state index in [1.165, 1.54) is 5.56 Å². The highest BCUT2D eigenvalue weighted by molar-refractivity contribution is 5.79. The van der Waals surface area contributed by atoms with E-state index in [-0.39, 0.29) is 11.9 Å². The molecular weight excluding hydrogens is 302 g/mol. The minimum absolute atomic E-state index is 0.0345. The Morgan fingerprint density at radius 2 is 1.79 bits per heavy atom. The van der Waals surface area contributed by atoms with Gasteiger partial charge in [0.1, 0.15) is 13.2 Å². The van der Waals surface area contributed by atoms with Crippen LogP contribution in [0.15, 0.2) is 48.5 Å². The highest BCUT2D eigenvalue weighted by atomic mass is 16.6. The van der Waals surface area contributed by atoms with E-state index < -0.39 is 0 Å². The molecule has 0 radical (unpaired) electrons. The number of nitrogens with one attached hydrogen (secondary N) is 1. The Bertz CT molecular complexity index is 685. The highest BCUT2D eigenvalue weighted by Crippen LogP contribution is 2.30. The van der Waals surface area contributed by atoms with Crippen LogP contribution in [0.2, 0.25) is 0 Å². The van der Waals surface area contributed by atoms with Gasteiger partial charge in [-0.05, 0) is 43.0 Å². The molecule has 1 N–H and O–H groups in total. The van der Waals surface area contributed by atoms with Crippen molar-refractivity contribution in [3.8, 4) is 11.5 Å². The van der Waals surface area contributed by atoms with E-state index in [1.807, 2.05) is 43.3 Å². The molecule has 0 spiro atoms. The fraction of sp³-hybridized carbons (Fsp3) is 0.350. The first-order chi connectivity index (χ1) is 11.7. The molecule has 24 heavy (non-hydrogen) atoms. The average molecular weight is 325 g/mol. The molecule has 0 saturated heterocycles. The largest absolute Gasteiger partial charge is 0.486 e. The van der Waals surface area contributed by atoms with Crippen LogP contribution in [-0.4, -0.2) is 25.2 Å². The van der Waals surface area contributed by atoms with Gasteiger partial charge >= 0.3 is 0 Å². The molecule has 0 fully saturated rings. The number of carbonyl (C=O) groups is 1. The SMILES string of the molecule is CC(CCc1ccccc1)NC(=O)Cc1ccc2c(c1)OCCO2. The quantitative estimate of drug-likeness (QED) is 0.887. The molecule has 1 atom stereocenters. The van der Waals surface area contributed by atoms with Crippen LogP contribution in [0.1, 0.15) is 24.5 Å². The molecule has 4 heteroatoms. The van der Waals surface area contributed by atoms with Crippen molar-refractivity contribution in [1.82, 2.24) is 5.32 Å². The lowest BCUT2D eigenvalue weighted by molar-refractivity contribution is -0.121. The fourth-order valence-electron chi connectivity index (χ4n) is 2.81. The Hall–Kier alpha value is -2.49. The Kier molecular flexibility index (Phi) is 5.36. The third-order valence-electron chi connectivity index (χ3n) is 4.09. The standard InChI is InChI=1S/C20H23NO3/c1-15(7-8-16-5-3-2-4-6-16)21-20(22)14-17-9-10-18-19(13-17)24-12-11-23-18/h2-6,9-10,13,15H,7-8,11-12,14H2,1H3,(H,21,22). The number of fused-ring (bicyclic) bond motifs is 1. The van der Waals surface area contributed by atoms with Crippen molar-refractivity contribution in [1.29, 1.82) is 0 Å². The zero-order valence-corrected chi connectivity index (χ0v) is 14.0. The summed E-state index contributed by atoms with van der Waals surface area (Å²) in [5, 5.41) is 3.07. The van der Waals surface area contributed by atoms with Crippen molar-refractivity contribution in [2.24, 2.45) is 0 Å². The average Bonchev–Trinajstić information content (AvgIpc) is 2.60. The van der Waals surface area contributed by atoms with Gasteiger partial charge in [0.2, 0.25) is 5.91 Å². The highest BCUT2D eigenvalue weighted by Gasteiger charge is 2.14. The van der Waals surface area contributed by atoms with Crippen LogP contribution in [0.3, 0.4) is 0 Å². The summed E-state index contributed by atoms with van der Waals surface area (Å²) in [5.74, 6) is 1.51. The first-order valence-corrected chi connectivity index (χ1v) is 8.42. The second-order valence-corrected chi connectivity index (χ2v) is 6.15. The minimum Gasteiger partial charge on any atom is -0.486 e. The van der Waals surface area contributed by atoms with E-state index in [0.717, 1.165) is 29.9 Å². The Morgan fingerprint density at radius 1 is 1.04 bits per heavy atom. The Labute approximate surface area is 142 Å². The summed E-state index contributed by atoms with van der Waals surface area (Å²) in [6, 6.07) is 16.2. The molecule has 4 nitrogen and oxygen atoms in total. The third kappa shape index (κ3) is 4.51. The summed E-state index contributed by atoms with van der Waals surface area (Å²) in [4.78, 5) is 12.2. The van der Waals surface area contributed by atoms with E-state index in [2.05, 4.69) is 17.4 Å². The molecule has 2 aromatic rings. The lowest BCUT2D eigenvalue weighted by atomic mass is 10.1. The summed E-state index contributed by atoms with van der Waals surface area (Å²) in [6.07, 6.45) is 2.25. The number of carbonyl (C=O) groups excluding carboxylic acids is 1. The van der Waals surface area contributed by atoms with E-state index in [0.29, 0.717) is 19.6 Å². The van der Waals surface area contributed by atoms with Crippen molar-refractivity contribution in [2.45, 2.75) is 32.2 Å². The monoisotopic (exact) mass is 325 g/mol. The molecule has 1 aliphatic heterocycles. The molecule has 0 aliphatic carbocycles. The van der Waals surface area contributed by atoms with Crippen molar-refractivity contribution in [3.05, 3.63) is 59.7 Å². The van der Waals surface area contributed by atoms with Gasteiger partial charge in [-0.25, -0.2) is 0 Å². The van der Waals surface area contributed by atoms with E-state index in [9.17, 15) is 4.79 Å². The molecule has 1 amide bonds. The molecule has 0 saturated carbocycles. The molecule has 0 aromatic heterocycles. The van der Waals surface area contributed by atoms with Crippen molar-refractivity contribution < 1.29 is 14.3 Å². The molecule has 2 aromatic carbocycles. The lowest BCUT2D eigenvalue weighted by Gasteiger charge is -2.19. The number of rotatable bonds is 6. The van der Waals surface area contributed by atoms with Gasteiger partial charge in [0, 0.05) is 6.04 Å². The van der Waals surface area contributed by atoms with Crippen LogP contribution in [0.25, 0.3) is 0 Å². The zero-order valence-electron chi connectivity index (χ0n) is 14.0. The summed E-state index contributed by atoms with van der Waals surface area (Å²) >= 11 is 0. The summed E-state index contributed by atoms with van der Waals surface area (Å²) in [5.41, 5.74) is 2.23. The predicted molar refractivity (Wildman–Crippen MR) is 93.5 cm³/mol. The van der Waals surface area contributed by atoms with Crippen molar-refractivity contribution in [3.63, 3.8) is 0 Å². The summed E-state index contributed by atoms with van der Waals surface area (Å²) < 4.78 is 11.1. The van der Waals surface area contributed by atoms with Gasteiger partial charge in [-0.2, -0.15) is 0 Å². The maximum absolute atomic E-state index is 12.2. The number of aryl methyl sites for hydroxylation is 1. The van der Waals surface area contributed by atoms with Crippen molar-refractivity contribution >= 4 is 5.91 Å². The summed E-state index contributed by atoms with van der Waals surface area (Å²) in [6.45, 7) is 3.18. The fourth-order valence-corrected chi connectivity index (χ4v) is 2.81. The maximum Gasteiger partial charge on any atom is 0.224 e. The maximum atomic E-state index is 12.2. The number of benzene rings is 2. The van der Waals surface area contributed by atoms with Gasteiger partial charge in [-0.1, -0.05) is 36.4 Å². The van der Waals surface area contributed by atoms with Gasteiger partial charge in [-0.15, -0.1) is 0 Å². The van der Waals surface area contributed by atoms with Crippen LogP contribution in [-0.2, 0) is 17.6 Å². The minimum atomic E-state index is 0.0345.